The molecule has 2 rings (SSSR count). The lowest BCUT2D eigenvalue weighted by Gasteiger charge is -2.08. The molecule has 9 heteroatoms. The lowest BCUT2D eigenvalue weighted by atomic mass is 10.2. The number of hydrogen-bond donors (Lipinski definition) is 2. The van der Waals surface area contributed by atoms with Gasteiger partial charge in [0.25, 0.3) is 5.82 Å². The van der Waals surface area contributed by atoms with Gasteiger partial charge in [-0.15, -0.1) is 5.10 Å². The fourth-order valence-electron chi connectivity index (χ4n) is 1.53. The average Bonchev–Trinajstić information content (AvgIpc) is 2.90. The quantitative estimate of drug-likeness (QED) is 0.642. The molecule has 0 unspecified atom stereocenters. The fraction of sp³-hybridized carbons (Fsp3) is 0.167. The van der Waals surface area contributed by atoms with Gasteiger partial charge in [-0.3, -0.25) is 4.79 Å². The number of carbonyl (C=O) groups is 2. The van der Waals surface area contributed by atoms with Crippen molar-refractivity contribution >= 4 is 34.9 Å². The van der Waals surface area contributed by atoms with Gasteiger partial charge in [-0.05, 0) is 18.2 Å². The molecular formula is C12H12ClN5O3. The van der Waals surface area contributed by atoms with Crippen LogP contribution < -0.4 is 11.1 Å². The van der Waals surface area contributed by atoms with Gasteiger partial charge in [-0.2, -0.15) is 0 Å². The number of carbonyl (C=O) groups excluding carboxylic acids is 2. The van der Waals surface area contributed by atoms with Crippen LogP contribution in [0, 0.1) is 0 Å². The largest absolute Gasteiger partial charge is 0.463 e. The molecule has 110 valence electrons. The maximum absolute atomic E-state index is 11.9. The van der Waals surface area contributed by atoms with E-state index in [1.807, 2.05) is 0 Å². The van der Waals surface area contributed by atoms with Gasteiger partial charge in [0.15, 0.2) is 0 Å². The molecule has 0 saturated carbocycles. The lowest BCUT2D eigenvalue weighted by Crippen LogP contribution is -2.20. The first-order valence-electron chi connectivity index (χ1n) is 5.82. The van der Waals surface area contributed by atoms with Crippen molar-refractivity contribution in [3.63, 3.8) is 0 Å². The highest BCUT2D eigenvalue weighted by molar-refractivity contribution is 6.31. The molecule has 0 aliphatic heterocycles. The second kappa shape index (κ2) is 6.23. The van der Waals surface area contributed by atoms with Crippen LogP contribution in [0.4, 0.5) is 11.4 Å². The summed E-state index contributed by atoms with van der Waals surface area (Å²) < 4.78 is 5.68. The van der Waals surface area contributed by atoms with Crippen molar-refractivity contribution in [3.8, 4) is 0 Å². The fourth-order valence-corrected chi connectivity index (χ4v) is 1.70. The van der Waals surface area contributed by atoms with Crippen LogP contribution >= 0.6 is 11.6 Å². The van der Waals surface area contributed by atoms with Crippen LogP contribution in [0.25, 0.3) is 0 Å². The number of amides is 1. The standard InChI is InChI=1S/C12H12ClN5O3/c1-21-12(20)11-15-6-18(17-11)5-10(19)16-9-4-7(13)2-3-8(9)14/h2-4,6H,5,14H2,1H3,(H,16,19). The summed E-state index contributed by atoms with van der Waals surface area (Å²) in [6.45, 7) is -0.129. The first-order chi connectivity index (χ1) is 9.99. The number of nitrogens with two attached hydrogens (primary N) is 1. The topological polar surface area (TPSA) is 112 Å². The van der Waals surface area contributed by atoms with Crippen molar-refractivity contribution in [3.05, 3.63) is 35.4 Å². The summed E-state index contributed by atoms with van der Waals surface area (Å²) in [6.07, 6.45) is 1.26. The second-order valence-corrected chi connectivity index (χ2v) is 4.47. The summed E-state index contributed by atoms with van der Waals surface area (Å²) in [6, 6.07) is 4.74. The number of anilines is 2. The Labute approximate surface area is 124 Å². The smallest absolute Gasteiger partial charge is 0.377 e. The molecule has 0 atom stereocenters. The third-order valence-corrected chi connectivity index (χ3v) is 2.73. The van der Waals surface area contributed by atoms with E-state index in [2.05, 4.69) is 20.1 Å². The van der Waals surface area contributed by atoms with E-state index in [-0.39, 0.29) is 18.3 Å². The number of nitrogen functional groups attached to an aromatic ring is 1. The zero-order valence-electron chi connectivity index (χ0n) is 11.0. The number of ether oxygens (including phenoxy) is 1. The van der Waals surface area contributed by atoms with Crippen LogP contribution in [0.2, 0.25) is 5.02 Å². The molecule has 0 aliphatic rings. The van der Waals surface area contributed by atoms with Crippen molar-refractivity contribution in [1.82, 2.24) is 14.8 Å². The first kappa shape index (κ1) is 14.8. The lowest BCUT2D eigenvalue weighted by molar-refractivity contribution is -0.116. The van der Waals surface area contributed by atoms with Gasteiger partial charge < -0.3 is 15.8 Å². The Morgan fingerprint density at radius 2 is 2.24 bits per heavy atom. The van der Waals surface area contributed by atoms with E-state index in [9.17, 15) is 9.59 Å². The highest BCUT2D eigenvalue weighted by Crippen LogP contribution is 2.22. The molecule has 0 spiro atoms. The number of halogens is 1. The molecule has 1 heterocycles. The van der Waals surface area contributed by atoms with E-state index < -0.39 is 5.97 Å². The Morgan fingerprint density at radius 1 is 1.48 bits per heavy atom. The number of nitrogens with one attached hydrogen (secondary N) is 1. The maximum Gasteiger partial charge on any atom is 0.377 e. The number of benzene rings is 1. The van der Waals surface area contributed by atoms with E-state index >= 15 is 0 Å². The minimum atomic E-state index is -0.673. The predicted molar refractivity (Wildman–Crippen MR) is 75.9 cm³/mol. The summed E-state index contributed by atoms with van der Waals surface area (Å²) >= 11 is 5.83. The van der Waals surface area contributed by atoms with Crippen LogP contribution in [0.3, 0.4) is 0 Å². The maximum atomic E-state index is 11.9. The number of hydrogen-bond acceptors (Lipinski definition) is 6. The van der Waals surface area contributed by atoms with Crippen molar-refractivity contribution in [2.24, 2.45) is 0 Å². The normalized spacial score (nSPS) is 10.2. The molecule has 0 fully saturated rings. The predicted octanol–water partition coefficient (Wildman–Crippen LogP) is 0.939. The minimum Gasteiger partial charge on any atom is -0.463 e. The molecule has 1 aromatic heterocycles. The van der Waals surface area contributed by atoms with E-state index in [0.717, 1.165) is 0 Å². The summed E-state index contributed by atoms with van der Waals surface area (Å²) in [5.74, 6) is -1.17. The van der Waals surface area contributed by atoms with E-state index in [1.165, 1.54) is 24.2 Å². The Hall–Kier alpha value is -2.61. The third-order valence-electron chi connectivity index (χ3n) is 2.50. The van der Waals surface area contributed by atoms with Crippen LogP contribution in [-0.4, -0.2) is 33.8 Å². The minimum absolute atomic E-state index is 0.118. The van der Waals surface area contributed by atoms with Gasteiger partial charge in [0.1, 0.15) is 12.9 Å². The number of rotatable bonds is 4. The molecule has 1 aromatic carbocycles. The number of methoxy groups -OCH3 is 1. The molecular weight excluding hydrogens is 298 g/mol. The van der Waals surface area contributed by atoms with Gasteiger partial charge in [0, 0.05) is 5.02 Å². The molecule has 21 heavy (non-hydrogen) atoms. The molecule has 0 saturated heterocycles. The van der Waals surface area contributed by atoms with E-state index in [4.69, 9.17) is 17.3 Å². The Morgan fingerprint density at radius 3 is 2.95 bits per heavy atom. The molecule has 1 amide bonds. The van der Waals surface area contributed by atoms with Crippen molar-refractivity contribution in [2.75, 3.05) is 18.2 Å². The van der Waals surface area contributed by atoms with Crippen LogP contribution in [0.1, 0.15) is 10.6 Å². The number of nitrogens with zero attached hydrogens (tertiary/aromatic N) is 3. The van der Waals surface area contributed by atoms with Crippen LogP contribution in [0.5, 0.6) is 0 Å². The SMILES string of the molecule is COC(=O)c1ncn(CC(=O)Nc2cc(Cl)ccc2N)n1. The zero-order valence-corrected chi connectivity index (χ0v) is 11.8. The van der Waals surface area contributed by atoms with E-state index in [1.54, 1.807) is 12.1 Å². The zero-order chi connectivity index (χ0) is 15.4. The monoisotopic (exact) mass is 309 g/mol. The molecule has 0 bridgehead atoms. The molecule has 3 N–H and O–H groups in total. The Balaban J connectivity index is 2.03. The first-order valence-corrected chi connectivity index (χ1v) is 6.20. The molecule has 0 radical (unpaired) electrons. The van der Waals surface area contributed by atoms with Gasteiger partial charge >= 0.3 is 5.97 Å². The average molecular weight is 310 g/mol. The van der Waals surface area contributed by atoms with Crippen molar-refractivity contribution in [1.29, 1.82) is 0 Å². The summed E-state index contributed by atoms with van der Waals surface area (Å²) in [4.78, 5) is 26.8. The van der Waals surface area contributed by atoms with Crippen LogP contribution in [0.15, 0.2) is 24.5 Å². The number of esters is 1. The van der Waals surface area contributed by atoms with E-state index in [0.29, 0.717) is 16.4 Å². The molecule has 8 nitrogen and oxygen atoms in total. The van der Waals surface area contributed by atoms with Crippen LogP contribution in [-0.2, 0) is 16.1 Å². The highest BCUT2D eigenvalue weighted by Gasteiger charge is 2.13. The van der Waals surface area contributed by atoms with Gasteiger partial charge in [0.05, 0.1) is 18.5 Å². The number of aromatic nitrogens is 3. The molecule has 0 aliphatic carbocycles. The van der Waals surface area contributed by atoms with Gasteiger partial charge in [-0.25, -0.2) is 14.5 Å². The van der Waals surface area contributed by atoms with Gasteiger partial charge in [-0.1, -0.05) is 11.6 Å². The summed E-state index contributed by atoms with van der Waals surface area (Å²) in [5.41, 5.74) is 6.52. The Kier molecular flexibility index (Phi) is 4.39. The van der Waals surface area contributed by atoms with Crippen molar-refractivity contribution in [2.45, 2.75) is 6.54 Å². The third kappa shape index (κ3) is 3.69. The molecule has 2 aromatic rings. The second-order valence-electron chi connectivity index (χ2n) is 4.04. The Bertz CT molecular complexity index is 685. The highest BCUT2D eigenvalue weighted by atomic mass is 35.5. The van der Waals surface area contributed by atoms with Gasteiger partial charge in [0.2, 0.25) is 5.91 Å². The van der Waals surface area contributed by atoms with Crippen molar-refractivity contribution < 1.29 is 14.3 Å². The summed E-state index contributed by atoms with van der Waals surface area (Å²) in [7, 11) is 1.22. The summed E-state index contributed by atoms with van der Waals surface area (Å²) in [5, 5.41) is 6.87.